The number of esters is 1. The Morgan fingerprint density at radius 3 is 2.37 bits per heavy atom. The lowest BCUT2D eigenvalue weighted by atomic mass is 9.91. The zero-order valence-electron chi connectivity index (χ0n) is 15.5. The maximum Gasteiger partial charge on any atom is 0.339 e. The maximum absolute atomic E-state index is 12.7. The van der Waals surface area contributed by atoms with Crippen LogP contribution in [0.3, 0.4) is 0 Å². The topological polar surface area (TPSA) is 56.3 Å². The fourth-order valence-corrected chi connectivity index (χ4v) is 2.80. The monoisotopic (exact) mass is 425 g/mol. The van der Waals surface area contributed by atoms with Crippen molar-refractivity contribution in [2.75, 3.05) is 6.61 Å². The molecule has 138 valence electrons. The van der Waals surface area contributed by atoms with E-state index < -0.39 is 11.4 Å². The molecule has 0 N–H and O–H groups in total. The van der Waals surface area contributed by atoms with Crippen LogP contribution in [0.25, 0.3) is 22.2 Å². The Hall–Kier alpha value is -2.53. The van der Waals surface area contributed by atoms with E-state index >= 15 is 0 Å². The molecule has 1 heterocycles. The van der Waals surface area contributed by atoms with Gasteiger partial charge in [0.25, 0.3) is 0 Å². The summed E-state index contributed by atoms with van der Waals surface area (Å²) >= 11 is 3.42. The Bertz CT molecular complexity index is 1000. The standard InChI is InChI=1S/C22H20BrNO3/c1-22(2,3)20(25)13-27-21(26)17-12-19(14-8-10-15(23)11-9-14)24-18-7-5-4-6-16(17)18/h4-12H,13H2,1-3H3. The average molecular weight is 426 g/mol. The van der Waals surface area contributed by atoms with Gasteiger partial charge in [0.2, 0.25) is 0 Å². The number of fused-ring (bicyclic) bond motifs is 1. The molecular weight excluding hydrogens is 406 g/mol. The highest BCUT2D eigenvalue weighted by Gasteiger charge is 2.23. The number of rotatable bonds is 4. The van der Waals surface area contributed by atoms with E-state index in [0.717, 1.165) is 10.0 Å². The Kier molecular flexibility index (Phi) is 5.42. The van der Waals surface area contributed by atoms with Crippen molar-refractivity contribution < 1.29 is 14.3 Å². The number of nitrogens with zero attached hydrogens (tertiary/aromatic N) is 1. The number of halogens is 1. The Labute approximate surface area is 166 Å². The smallest absolute Gasteiger partial charge is 0.339 e. The van der Waals surface area contributed by atoms with Gasteiger partial charge in [-0.15, -0.1) is 0 Å². The molecule has 0 radical (unpaired) electrons. The van der Waals surface area contributed by atoms with Gasteiger partial charge in [-0.1, -0.05) is 67.0 Å². The SMILES string of the molecule is CC(C)(C)C(=O)COC(=O)c1cc(-c2ccc(Br)cc2)nc2ccccc12. The zero-order valence-corrected chi connectivity index (χ0v) is 17.0. The zero-order chi connectivity index (χ0) is 19.6. The van der Waals surface area contributed by atoms with E-state index in [1.165, 1.54) is 0 Å². The van der Waals surface area contributed by atoms with Gasteiger partial charge < -0.3 is 4.74 Å². The number of ketones is 1. The van der Waals surface area contributed by atoms with Crippen LogP contribution in [0.5, 0.6) is 0 Å². The van der Waals surface area contributed by atoms with E-state index in [4.69, 9.17) is 4.74 Å². The van der Waals surface area contributed by atoms with Crippen LogP contribution in [0.1, 0.15) is 31.1 Å². The van der Waals surface area contributed by atoms with Gasteiger partial charge in [0.15, 0.2) is 12.4 Å². The van der Waals surface area contributed by atoms with E-state index in [1.54, 1.807) is 26.8 Å². The second kappa shape index (κ2) is 7.61. The van der Waals surface area contributed by atoms with Crippen molar-refractivity contribution in [3.05, 3.63) is 64.6 Å². The molecule has 5 heteroatoms. The number of hydrogen-bond acceptors (Lipinski definition) is 4. The molecule has 1 aromatic heterocycles. The van der Waals surface area contributed by atoms with Crippen LogP contribution in [0.4, 0.5) is 0 Å². The maximum atomic E-state index is 12.7. The molecule has 2 aromatic carbocycles. The first-order chi connectivity index (χ1) is 12.8. The number of pyridine rings is 1. The normalized spacial score (nSPS) is 11.4. The number of carbonyl (C=O) groups is 2. The van der Waals surface area contributed by atoms with Crippen LogP contribution in [-0.2, 0) is 9.53 Å². The van der Waals surface area contributed by atoms with E-state index in [1.807, 2.05) is 48.5 Å². The lowest BCUT2D eigenvalue weighted by molar-refractivity contribution is -0.129. The van der Waals surface area contributed by atoms with Gasteiger partial charge in [-0.05, 0) is 24.3 Å². The summed E-state index contributed by atoms with van der Waals surface area (Å²) < 4.78 is 6.28. The largest absolute Gasteiger partial charge is 0.454 e. The van der Waals surface area contributed by atoms with Gasteiger partial charge in [0, 0.05) is 20.8 Å². The third kappa shape index (κ3) is 4.42. The molecule has 3 aromatic rings. The molecule has 0 spiro atoms. The third-order valence-corrected chi connectivity index (χ3v) is 4.78. The van der Waals surface area contributed by atoms with Crippen molar-refractivity contribution in [1.82, 2.24) is 4.98 Å². The summed E-state index contributed by atoms with van der Waals surface area (Å²) in [4.78, 5) is 29.5. The molecule has 0 aliphatic rings. The van der Waals surface area contributed by atoms with Crippen LogP contribution in [0.15, 0.2) is 59.1 Å². The van der Waals surface area contributed by atoms with E-state index in [2.05, 4.69) is 20.9 Å². The number of benzene rings is 2. The van der Waals surface area contributed by atoms with Crippen LogP contribution in [-0.4, -0.2) is 23.3 Å². The van der Waals surface area contributed by atoms with Crippen molar-refractivity contribution >= 4 is 38.6 Å². The number of aromatic nitrogens is 1. The van der Waals surface area contributed by atoms with E-state index in [-0.39, 0.29) is 12.4 Å². The van der Waals surface area contributed by atoms with Gasteiger partial charge >= 0.3 is 5.97 Å². The molecule has 0 fully saturated rings. The molecule has 0 aliphatic carbocycles. The molecule has 4 nitrogen and oxygen atoms in total. The van der Waals surface area contributed by atoms with E-state index in [0.29, 0.717) is 22.2 Å². The lowest BCUT2D eigenvalue weighted by Crippen LogP contribution is -2.26. The highest BCUT2D eigenvalue weighted by Crippen LogP contribution is 2.26. The van der Waals surface area contributed by atoms with Gasteiger partial charge in [-0.3, -0.25) is 4.79 Å². The Morgan fingerprint density at radius 1 is 1.04 bits per heavy atom. The third-order valence-electron chi connectivity index (χ3n) is 4.25. The molecule has 0 saturated carbocycles. The fourth-order valence-electron chi connectivity index (χ4n) is 2.54. The first kappa shape index (κ1) is 19.2. The number of ether oxygens (including phenoxy) is 1. The molecular formula is C22H20BrNO3. The van der Waals surface area contributed by atoms with Crippen molar-refractivity contribution in [2.45, 2.75) is 20.8 Å². The summed E-state index contributed by atoms with van der Waals surface area (Å²) in [6, 6.07) is 16.8. The van der Waals surface area contributed by atoms with Crippen LogP contribution in [0.2, 0.25) is 0 Å². The van der Waals surface area contributed by atoms with E-state index in [9.17, 15) is 9.59 Å². The second-order valence-electron chi connectivity index (χ2n) is 7.33. The summed E-state index contributed by atoms with van der Waals surface area (Å²) in [5.74, 6) is -0.646. The lowest BCUT2D eigenvalue weighted by Gasteiger charge is -2.16. The predicted molar refractivity (Wildman–Crippen MR) is 110 cm³/mol. The predicted octanol–water partition coefficient (Wildman–Crippen LogP) is 5.44. The Balaban J connectivity index is 1.99. The minimum atomic E-state index is -0.552. The number of carbonyl (C=O) groups excluding carboxylic acids is 2. The molecule has 0 saturated heterocycles. The van der Waals surface area contributed by atoms with Gasteiger partial charge in [0.05, 0.1) is 16.8 Å². The first-order valence-corrected chi connectivity index (χ1v) is 9.41. The highest BCUT2D eigenvalue weighted by atomic mass is 79.9. The summed E-state index contributed by atoms with van der Waals surface area (Å²) in [7, 11) is 0. The summed E-state index contributed by atoms with van der Waals surface area (Å²) in [5.41, 5.74) is 2.12. The van der Waals surface area contributed by atoms with Gasteiger partial charge in [-0.25, -0.2) is 9.78 Å². The minimum Gasteiger partial charge on any atom is -0.454 e. The van der Waals surface area contributed by atoms with Crippen molar-refractivity contribution in [1.29, 1.82) is 0 Å². The molecule has 0 atom stereocenters. The van der Waals surface area contributed by atoms with Crippen molar-refractivity contribution in [3.8, 4) is 11.3 Å². The molecule has 0 amide bonds. The van der Waals surface area contributed by atoms with Crippen LogP contribution in [0, 0.1) is 5.41 Å². The molecule has 0 unspecified atom stereocenters. The Morgan fingerprint density at radius 2 is 1.70 bits per heavy atom. The summed E-state index contributed by atoms with van der Waals surface area (Å²) in [5, 5.41) is 0.701. The summed E-state index contributed by atoms with van der Waals surface area (Å²) in [6.07, 6.45) is 0. The van der Waals surface area contributed by atoms with Crippen LogP contribution >= 0.6 is 15.9 Å². The number of hydrogen-bond donors (Lipinski definition) is 0. The fraction of sp³-hybridized carbons (Fsp3) is 0.227. The molecule has 0 bridgehead atoms. The molecule has 27 heavy (non-hydrogen) atoms. The van der Waals surface area contributed by atoms with Gasteiger partial charge in [0.1, 0.15) is 0 Å². The van der Waals surface area contributed by atoms with Crippen LogP contribution < -0.4 is 0 Å². The molecule has 0 aliphatic heterocycles. The van der Waals surface area contributed by atoms with Gasteiger partial charge in [-0.2, -0.15) is 0 Å². The number of Topliss-reactive ketones (excluding diaryl/α,β-unsaturated/α-hetero) is 1. The summed E-state index contributed by atoms with van der Waals surface area (Å²) in [6.45, 7) is 5.16. The quantitative estimate of drug-likeness (QED) is 0.522. The molecule has 3 rings (SSSR count). The minimum absolute atomic E-state index is 0.123. The second-order valence-corrected chi connectivity index (χ2v) is 8.24. The average Bonchev–Trinajstić information content (AvgIpc) is 2.64. The first-order valence-electron chi connectivity index (χ1n) is 8.62. The highest BCUT2D eigenvalue weighted by molar-refractivity contribution is 9.10. The van der Waals surface area contributed by atoms with Crippen molar-refractivity contribution in [2.24, 2.45) is 5.41 Å². The number of para-hydroxylation sites is 1. The van der Waals surface area contributed by atoms with Crippen molar-refractivity contribution in [3.63, 3.8) is 0 Å².